The number of hydrogen-bond donors (Lipinski definition) is 1. The molecule has 0 heterocycles. The molecule has 0 aliphatic heterocycles. The minimum absolute atomic E-state index is 0.0843. The molecule has 8 heteroatoms. The third kappa shape index (κ3) is 7.63. The van der Waals surface area contributed by atoms with Crippen LogP contribution in [0.4, 0.5) is 0 Å². The van der Waals surface area contributed by atoms with Crippen LogP contribution in [0.25, 0.3) is 0 Å². The van der Waals surface area contributed by atoms with Gasteiger partial charge in [-0.25, -0.2) is 0 Å². The SMILES string of the molecule is CCNC(=O)[C@@H](CC)N(Cc1ccc(OC)cc1)C(=O)CSCc1ccc(Cl)c(Cl)c1. The van der Waals surface area contributed by atoms with Crippen LogP contribution in [0.1, 0.15) is 31.4 Å². The van der Waals surface area contributed by atoms with Crippen LogP contribution >= 0.6 is 35.0 Å². The quantitative estimate of drug-likeness (QED) is 0.479. The minimum atomic E-state index is -0.528. The highest BCUT2D eigenvalue weighted by molar-refractivity contribution is 7.99. The van der Waals surface area contributed by atoms with E-state index in [1.165, 1.54) is 11.8 Å². The van der Waals surface area contributed by atoms with Gasteiger partial charge in [-0.3, -0.25) is 9.59 Å². The summed E-state index contributed by atoms with van der Waals surface area (Å²) >= 11 is 13.5. The van der Waals surface area contributed by atoms with Crippen molar-refractivity contribution in [3.05, 3.63) is 63.6 Å². The van der Waals surface area contributed by atoms with Crippen molar-refractivity contribution in [1.29, 1.82) is 0 Å². The van der Waals surface area contributed by atoms with Gasteiger partial charge in [-0.1, -0.05) is 48.3 Å². The molecule has 0 aliphatic carbocycles. The largest absolute Gasteiger partial charge is 0.497 e. The van der Waals surface area contributed by atoms with E-state index in [-0.39, 0.29) is 17.6 Å². The normalized spacial score (nSPS) is 11.6. The fourth-order valence-corrected chi connectivity index (χ4v) is 4.29. The van der Waals surface area contributed by atoms with Gasteiger partial charge in [0.05, 0.1) is 22.9 Å². The second-order valence-corrected chi connectivity index (χ2v) is 8.73. The molecule has 0 bridgehead atoms. The molecular formula is C23H28Cl2N2O3S. The Morgan fingerprint density at radius 3 is 2.32 bits per heavy atom. The smallest absolute Gasteiger partial charge is 0.242 e. The number of nitrogens with one attached hydrogen (secondary N) is 1. The molecule has 0 unspecified atom stereocenters. The van der Waals surface area contributed by atoms with Crippen LogP contribution in [0, 0.1) is 0 Å². The molecule has 2 amide bonds. The molecule has 0 aromatic heterocycles. The molecule has 0 fully saturated rings. The summed E-state index contributed by atoms with van der Waals surface area (Å²) in [6.45, 7) is 4.65. The third-order valence-electron chi connectivity index (χ3n) is 4.73. The highest BCUT2D eigenvalue weighted by Crippen LogP contribution is 2.25. The van der Waals surface area contributed by atoms with Gasteiger partial charge in [-0.2, -0.15) is 0 Å². The Bertz CT molecular complexity index is 878. The van der Waals surface area contributed by atoms with Crippen LogP contribution in [0.15, 0.2) is 42.5 Å². The summed E-state index contributed by atoms with van der Waals surface area (Å²) in [7, 11) is 1.61. The first kappa shape index (κ1) is 25.4. The molecule has 0 radical (unpaired) electrons. The molecule has 0 spiro atoms. The molecule has 2 aromatic carbocycles. The fourth-order valence-electron chi connectivity index (χ4n) is 3.11. The number of nitrogens with zero attached hydrogens (tertiary/aromatic N) is 1. The van der Waals surface area contributed by atoms with Crippen molar-refractivity contribution in [3.63, 3.8) is 0 Å². The van der Waals surface area contributed by atoms with E-state index in [4.69, 9.17) is 27.9 Å². The summed E-state index contributed by atoms with van der Waals surface area (Å²) < 4.78 is 5.21. The maximum absolute atomic E-state index is 13.1. The zero-order valence-electron chi connectivity index (χ0n) is 18.0. The summed E-state index contributed by atoms with van der Waals surface area (Å²) in [5, 5.41) is 3.84. The topological polar surface area (TPSA) is 58.6 Å². The lowest BCUT2D eigenvalue weighted by Crippen LogP contribution is -2.49. The number of methoxy groups -OCH3 is 1. The van der Waals surface area contributed by atoms with Crippen molar-refractivity contribution in [2.45, 2.75) is 38.6 Å². The number of benzene rings is 2. The molecule has 0 saturated carbocycles. The van der Waals surface area contributed by atoms with E-state index in [0.29, 0.717) is 35.3 Å². The summed E-state index contributed by atoms with van der Waals surface area (Å²) in [4.78, 5) is 27.4. The molecule has 31 heavy (non-hydrogen) atoms. The molecule has 5 nitrogen and oxygen atoms in total. The molecule has 1 atom stereocenters. The second-order valence-electron chi connectivity index (χ2n) is 6.93. The molecule has 0 aliphatic rings. The maximum atomic E-state index is 13.1. The highest BCUT2D eigenvalue weighted by atomic mass is 35.5. The predicted molar refractivity (Wildman–Crippen MR) is 129 cm³/mol. The molecular weight excluding hydrogens is 455 g/mol. The van der Waals surface area contributed by atoms with Crippen molar-refractivity contribution >= 4 is 46.8 Å². The summed E-state index contributed by atoms with van der Waals surface area (Å²) in [6, 6.07) is 12.4. The van der Waals surface area contributed by atoms with Crippen molar-refractivity contribution in [1.82, 2.24) is 10.2 Å². The van der Waals surface area contributed by atoms with E-state index >= 15 is 0 Å². The van der Waals surface area contributed by atoms with Gasteiger partial charge in [0.1, 0.15) is 11.8 Å². The Hall–Kier alpha value is -1.89. The van der Waals surface area contributed by atoms with Crippen LogP contribution in [-0.2, 0) is 21.9 Å². The number of thioether (sulfide) groups is 1. The number of hydrogen-bond acceptors (Lipinski definition) is 4. The number of likely N-dealkylation sites (N-methyl/N-ethyl adjacent to an activating group) is 1. The molecule has 0 saturated heterocycles. The Morgan fingerprint density at radius 1 is 1.06 bits per heavy atom. The van der Waals surface area contributed by atoms with E-state index in [2.05, 4.69) is 5.32 Å². The number of rotatable bonds is 11. The van der Waals surface area contributed by atoms with E-state index < -0.39 is 6.04 Å². The highest BCUT2D eigenvalue weighted by Gasteiger charge is 2.28. The van der Waals surface area contributed by atoms with E-state index in [1.54, 1.807) is 24.1 Å². The zero-order chi connectivity index (χ0) is 22.8. The third-order valence-corrected chi connectivity index (χ3v) is 6.45. The second kappa shape index (κ2) is 12.8. The maximum Gasteiger partial charge on any atom is 0.242 e. The van der Waals surface area contributed by atoms with Gasteiger partial charge in [0, 0.05) is 18.8 Å². The van der Waals surface area contributed by atoms with Gasteiger partial charge in [-0.15, -0.1) is 11.8 Å². The first-order valence-electron chi connectivity index (χ1n) is 10.1. The van der Waals surface area contributed by atoms with E-state index in [9.17, 15) is 9.59 Å². The summed E-state index contributed by atoms with van der Waals surface area (Å²) in [5.41, 5.74) is 1.93. The Morgan fingerprint density at radius 2 is 1.74 bits per heavy atom. The predicted octanol–water partition coefficient (Wildman–Crippen LogP) is 5.18. The van der Waals surface area contributed by atoms with E-state index in [1.807, 2.05) is 44.2 Å². The number of carbonyl (C=O) groups is 2. The number of halogens is 2. The fraction of sp³-hybridized carbons (Fsp3) is 0.391. The van der Waals surface area contributed by atoms with Gasteiger partial charge >= 0.3 is 0 Å². The molecule has 2 rings (SSSR count). The Kier molecular flexibility index (Phi) is 10.5. The number of amides is 2. The zero-order valence-corrected chi connectivity index (χ0v) is 20.3. The summed E-state index contributed by atoms with van der Waals surface area (Å²) in [6.07, 6.45) is 0.533. The monoisotopic (exact) mass is 482 g/mol. The number of ether oxygens (including phenoxy) is 1. The first-order chi connectivity index (χ1) is 14.9. The minimum Gasteiger partial charge on any atom is -0.497 e. The lowest BCUT2D eigenvalue weighted by atomic mass is 10.1. The Balaban J connectivity index is 2.11. The molecule has 168 valence electrons. The standard InChI is InChI=1S/C23H28Cl2N2O3S/c1-4-21(23(29)26-5-2)27(13-16-6-9-18(30-3)10-7-16)22(28)15-31-14-17-8-11-19(24)20(25)12-17/h6-12,21H,4-5,13-15H2,1-3H3,(H,26,29)/t21-/m1/s1. The molecule has 2 aromatic rings. The van der Waals surface area contributed by atoms with Crippen LogP contribution in [0.5, 0.6) is 5.75 Å². The Labute approximate surface area is 198 Å². The van der Waals surface area contributed by atoms with Gasteiger partial charge in [0.15, 0.2) is 0 Å². The van der Waals surface area contributed by atoms with Crippen LogP contribution in [-0.4, -0.2) is 42.2 Å². The lowest BCUT2D eigenvalue weighted by Gasteiger charge is -2.30. The van der Waals surface area contributed by atoms with Gasteiger partial charge in [-0.05, 0) is 48.7 Å². The van der Waals surface area contributed by atoms with Gasteiger partial charge in [0.2, 0.25) is 11.8 Å². The van der Waals surface area contributed by atoms with Crippen molar-refractivity contribution in [3.8, 4) is 5.75 Å². The van der Waals surface area contributed by atoms with Crippen LogP contribution < -0.4 is 10.1 Å². The van der Waals surface area contributed by atoms with Crippen molar-refractivity contribution < 1.29 is 14.3 Å². The van der Waals surface area contributed by atoms with Gasteiger partial charge in [0.25, 0.3) is 0 Å². The first-order valence-corrected chi connectivity index (χ1v) is 12.0. The van der Waals surface area contributed by atoms with Gasteiger partial charge < -0.3 is 15.0 Å². The van der Waals surface area contributed by atoms with Crippen LogP contribution in [0.2, 0.25) is 10.0 Å². The average molecular weight is 483 g/mol. The number of carbonyl (C=O) groups excluding carboxylic acids is 2. The average Bonchev–Trinajstić information content (AvgIpc) is 2.76. The van der Waals surface area contributed by atoms with Crippen molar-refractivity contribution in [2.24, 2.45) is 0 Å². The molecule has 1 N–H and O–H groups in total. The van der Waals surface area contributed by atoms with Crippen molar-refractivity contribution in [2.75, 3.05) is 19.4 Å². The van der Waals surface area contributed by atoms with E-state index in [0.717, 1.165) is 16.9 Å². The van der Waals surface area contributed by atoms with Crippen LogP contribution in [0.3, 0.4) is 0 Å². The summed E-state index contributed by atoms with van der Waals surface area (Å²) in [5.74, 6) is 1.40. The lowest BCUT2D eigenvalue weighted by molar-refractivity contribution is -0.139.